The second-order valence-corrected chi connectivity index (χ2v) is 3.06. The molecule has 0 N–H and O–H groups in total. The summed E-state index contributed by atoms with van der Waals surface area (Å²) in [6.45, 7) is 4.46. The molecule has 0 aromatic heterocycles. The molecular weight excluding hydrogens is 108 g/mol. The summed E-state index contributed by atoms with van der Waals surface area (Å²) < 4.78 is 0. The minimum absolute atomic E-state index is 0.569. The van der Waals surface area contributed by atoms with Crippen molar-refractivity contribution in [2.24, 2.45) is 17.8 Å². The molecule has 1 saturated carbocycles. The molecule has 0 nitrogen and oxygen atoms in total. The maximum absolute atomic E-state index is 5.34. The van der Waals surface area contributed by atoms with Gasteiger partial charge >= 0.3 is 0 Å². The van der Waals surface area contributed by atoms with Crippen molar-refractivity contribution in [3.8, 4) is 12.3 Å². The molecule has 0 aromatic rings. The van der Waals surface area contributed by atoms with Crippen molar-refractivity contribution in [3.05, 3.63) is 0 Å². The molecule has 0 amide bonds. The van der Waals surface area contributed by atoms with Gasteiger partial charge in [0.2, 0.25) is 0 Å². The van der Waals surface area contributed by atoms with Crippen LogP contribution in [-0.2, 0) is 0 Å². The molecule has 1 rings (SSSR count). The number of terminal acetylenes is 1. The minimum Gasteiger partial charge on any atom is -0.120 e. The summed E-state index contributed by atoms with van der Waals surface area (Å²) >= 11 is 0. The SMILES string of the molecule is C#CC(CC)C1CC1C. The van der Waals surface area contributed by atoms with Crippen molar-refractivity contribution >= 4 is 0 Å². The lowest BCUT2D eigenvalue weighted by Crippen LogP contribution is -1.97. The van der Waals surface area contributed by atoms with Gasteiger partial charge in [0.05, 0.1) is 0 Å². The Morgan fingerprint density at radius 3 is 2.44 bits per heavy atom. The molecule has 0 saturated heterocycles. The Labute approximate surface area is 57.7 Å². The van der Waals surface area contributed by atoms with Crippen LogP contribution in [-0.4, -0.2) is 0 Å². The highest BCUT2D eigenvalue weighted by Crippen LogP contribution is 2.44. The van der Waals surface area contributed by atoms with Crippen molar-refractivity contribution in [1.82, 2.24) is 0 Å². The lowest BCUT2D eigenvalue weighted by atomic mass is 10.0. The molecule has 9 heavy (non-hydrogen) atoms. The van der Waals surface area contributed by atoms with Gasteiger partial charge < -0.3 is 0 Å². The highest BCUT2D eigenvalue weighted by Gasteiger charge is 2.37. The van der Waals surface area contributed by atoms with E-state index in [1.54, 1.807) is 0 Å². The molecule has 3 unspecified atom stereocenters. The van der Waals surface area contributed by atoms with Crippen molar-refractivity contribution in [2.45, 2.75) is 26.7 Å². The highest BCUT2D eigenvalue weighted by atomic mass is 14.4. The Kier molecular flexibility index (Phi) is 1.81. The molecule has 0 heteroatoms. The number of rotatable bonds is 2. The van der Waals surface area contributed by atoms with E-state index in [-0.39, 0.29) is 0 Å². The zero-order chi connectivity index (χ0) is 6.85. The maximum atomic E-state index is 5.34. The molecule has 0 aliphatic heterocycles. The summed E-state index contributed by atoms with van der Waals surface area (Å²) in [5, 5.41) is 0. The molecule has 0 spiro atoms. The highest BCUT2D eigenvalue weighted by molar-refractivity contribution is 5.02. The molecule has 1 aliphatic carbocycles. The summed E-state index contributed by atoms with van der Waals surface area (Å²) in [5.41, 5.74) is 0. The topological polar surface area (TPSA) is 0 Å². The van der Waals surface area contributed by atoms with Crippen LogP contribution in [0.5, 0.6) is 0 Å². The summed E-state index contributed by atoms with van der Waals surface area (Å²) in [7, 11) is 0. The van der Waals surface area contributed by atoms with Gasteiger partial charge in [-0.1, -0.05) is 13.8 Å². The average Bonchev–Trinajstić information content (AvgIpc) is 2.51. The van der Waals surface area contributed by atoms with Gasteiger partial charge in [0.1, 0.15) is 0 Å². The van der Waals surface area contributed by atoms with Crippen molar-refractivity contribution in [1.29, 1.82) is 0 Å². The van der Waals surface area contributed by atoms with E-state index in [9.17, 15) is 0 Å². The Morgan fingerprint density at radius 2 is 2.33 bits per heavy atom. The van der Waals surface area contributed by atoms with Gasteiger partial charge in [-0.15, -0.1) is 12.3 Å². The molecule has 0 bridgehead atoms. The first-order chi connectivity index (χ1) is 4.29. The molecule has 1 aliphatic rings. The van der Waals surface area contributed by atoms with Crippen LogP contribution in [0.25, 0.3) is 0 Å². The van der Waals surface area contributed by atoms with Gasteiger partial charge in [0, 0.05) is 5.92 Å². The summed E-state index contributed by atoms with van der Waals surface area (Å²) in [5.74, 6) is 5.18. The minimum atomic E-state index is 0.569. The first-order valence-corrected chi connectivity index (χ1v) is 3.75. The largest absolute Gasteiger partial charge is 0.120 e. The smallest absolute Gasteiger partial charge is 0.0228 e. The van der Waals surface area contributed by atoms with E-state index in [0.717, 1.165) is 18.3 Å². The predicted molar refractivity (Wildman–Crippen MR) is 39.9 cm³/mol. The zero-order valence-electron chi connectivity index (χ0n) is 6.22. The molecule has 3 atom stereocenters. The molecule has 0 heterocycles. The summed E-state index contributed by atoms with van der Waals surface area (Å²) in [6, 6.07) is 0. The van der Waals surface area contributed by atoms with Crippen molar-refractivity contribution < 1.29 is 0 Å². The van der Waals surface area contributed by atoms with Crippen LogP contribution in [0.15, 0.2) is 0 Å². The molecular formula is C9H14. The standard InChI is InChI=1S/C9H14/c1-4-8(5-2)9-6-7(9)3/h1,7-9H,5-6H2,2-3H3. The first-order valence-electron chi connectivity index (χ1n) is 3.75. The lowest BCUT2D eigenvalue weighted by Gasteiger charge is -2.03. The van der Waals surface area contributed by atoms with E-state index < -0.39 is 0 Å². The molecule has 0 aromatic carbocycles. The monoisotopic (exact) mass is 122 g/mol. The maximum Gasteiger partial charge on any atom is 0.0228 e. The van der Waals surface area contributed by atoms with Gasteiger partial charge in [0.15, 0.2) is 0 Å². The van der Waals surface area contributed by atoms with Crippen LogP contribution in [0.2, 0.25) is 0 Å². The van der Waals surface area contributed by atoms with Gasteiger partial charge in [0.25, 0.3) is 0 Å². The number of hydrogen-bond donors (Lipinski definition) is 0. The van der Waals surface area contributed by atoms with Crippen molar-refractivity contribution in [3.63, 3.8) is 0 Å². The number of hydrogen-bond acceptors (Lipinski definition) is 0. The van der Waals surface area contributed by atoms with E-state index in [1.165, 1.54) is 6.42 Å². The van der Waals surface area contributed by atoms with Crippen LogP contribution in [0.3, 0.4) is 0 Å². The van der Waals surface area contributed by atoms with Crippen LogP contribution in [0, 0.1) is 30.1 Å². The lowest BCUT2D eigenvalue weighted by molar-refractivity contribution is 0.539. The quantitative estimate of drug-likeness (QED) is 0.493. The third kappa shape index (κ3) is 1.27. The zero-order valence-corrected chi connectivity index (χ0v) is 6.22. The Hall–Kier alpha value is -0.440. The predicted octanol–water partition coefficient (Wildman–Crippen LogP) is 2.30. The van der Waals surface area contributed by atoms with E-state index in [4.69, 9.17) is 6.42 Å². The summed E-state index contributed by atoms with van der Waals surface area (Å²) in [4.78, 5) is 0. The van der Waals surface area contributed by atoms with Crippen molar-refractivity contribution in [2.75, 3.05) is 0 Å². The van der Waals surface area contributed by atoms with Gasteiger partial charge in [-0.25, -0.2) is 0 Å². The van der Waals surface area contributed by atoms with Gasteiger partial charge in [-0.05, 0) is 24.7 Å². The molecule has 1 fully saturated rings. The fourth-order valence-electron chi connectivity index (χ4n) is 1.46. The second kappa shape index (κ2) is 2.43. The van der Waals surface area contributed by atoms with Crippen LogP contribution >= 0.6 is 0 Å². The van der Waals surface area contributed by atoms with E-state index in [2.05, 4.69) is 19.8 Å². The fraction of sp³-hybridized carbons (Fsp3) is 0.778. The van der Waals surface area contributed by atoms with E-state index in [0.29, 0.717) is 5.92 Å². The fourth-order valence-corrected chi connectivity index (χ4v) is 1.46. The van der Waals surface area contributed by atoms with Gasteiger partial charge in [-0.3, -0.25) is 0 Å². The van der Waals surface area contributed by atoms with E-state index >= 15 is 0 Å². The molecule has 0 radical (unpaired) electrons. The Morgan fingerprint density at radius 1 is 1.78 bits per heavy atom. The second-order valence-electron chi connectivity index (χ2n) is 3.06. The molecule has 50 valence electrons. The third-order valence-electron chi connectivity index (χ3n) is 2.34. The average molecular weight is 122 g/mol. The van der Waals surface area contributed by atoms with Crippen LogP contribution < -0.4 is 0 Å². The van der Waals surface area contributed by atoms with Crippen LogP contribution in [0.4, 0.5) is 0 Å². The van der Waals surface area contributed by atoms with Crippen LogP contribution in [0.1, 0.15) is 26.7 Å². The Balaban J connectivity index is 2.34. The summed E-state index contributed by atoms with van der Waals surface area (Å²) in [6.07, 6.45) is 7.86. The first kappa shape index (κ1) is 6.68. The van der Waals surface area contributed by atoms with Gasteiger partial charge in [-0.2, -0.15) is 0 Å². The van der Waals surface area contributed by atoms with E-state index in [1.807, 2.05) is 0 Å². The third-order valence-corrected chi connectivity index (χ3v) is 2.34. The Bertz CT molecular complexity index is 129. The normalized spacial score (nSPS) is 35.2.